The number of ketones is 3. The molecule has 1 unspecified atom stereocenters. The molecule has 20 rings (SSSR count). The second-order valence-corrected chi connectivity index (χ2v) is 47.9. The summed E-state index contributed by atoms with van der Waals surface area (Å²) in [5, 5.41) is 127. The van der Waals surface area contributed by atoms with Gasteiger partial charge in [-0.15, -0.1) is 0 Å². The summed E-state index contributed by atoms with van der Waals surface area (Å²) in [7, 11) is 0. The largest absolute Gasteiger partial charge is 0.461 e. The number of rotatable bonds is 18. The van der Waals surface area contributed by atoms with E-state index in [4.69, 9.17) is 28.4 Å². The van der Waals surface area contributed by atoms with E-state index in [1.807, 2.05) is 139 Å². The number of benzene rings is 3. The molecule has 17 aliphatic rings. The van der Waals surface area contributed by atoms with Gasteiger partial charge in [-0.1, -0.05) is 224 Å². The van der Waals surface area contributed by atoms with Gasteiger partial charge in [0.05, 0.1) is 66.5 Å². The van der Waals surface area contributed by atoms with E-state index >= 15 is 0 Å². The van der Waals surface area contributed by atoms with Crippen LogP contribution in [0.4, 0.5) is 0 Å². The fraction of sp³-hybridized carbons (Fsp3) is 0.623. The molecule has 0 aromatic heterocycles. The molecule has 3 aromatic rings. The molecule has 26 nitrogen and oxygen atoms in total. The average Bonchev–Trinajstić information content (AvgIpc) is 1.49. The highest BCUT2D eigenvalue weighted by atomic mass is 16.6. The molecule has 0 heterocycles. The van der Waals surface area contributed by atoms with Gasteiger partial charge in [0.15, 0.2) is 23.5 Å². The minimum absolute atomic E-state index is 0.00792. The van der Waals surface area contributed by atoms with E-state index in [0.717, 1.165) is 24.0 Å². The number of Topliss-reactive ketones (excluding diaryl/α,β-unsaturated/α-hetero) is 3. The lowest BCUT2D eigenvalue weighted by atomic mass is 9.60. The molecular formula is C114H144O26. The highest BCUT2D eigenvalue weighted by Crippen LogP contribution is 2.82. The first-order chi connectivity index (χ1) is 65.3. The van der Waals surface area contributed by atoms with Crippen molar-refractivity contribution in [3.63, 3.8) is 0 Å². The molecule has 0 amide bonds. The molecular weight excluding hydrogens is 1790 g/mol. The molecule has 11 N–H and O–H groups in total. The maximum atomic E-state index is 13.2. The number of hydrogen-bond donors (Lipinski definition) is 11. The third-order valence-corrected chi connectivity index (χ3v) is 38.3. The third kappa shape index (κ3) is 15.2. The fourth-order valence-corrected chi connectivity index (χ4v) is 30.8. The van der Waals surface area contributed by atoms with Gasteiger partial charge in [-0.2, -0.15) is 0 Å². The molecule has 0 saturated heterocycles. The number of carbonyl (C=O) groups excluding carboxylic acids is 9. The van der Waals surface area contributed by atoms with E-state index < -0.39 is 155 Å². The van der Waals surface area contributed by atoms with Crippen molar-refractivity contribution < 1.29 is 128 Å². The molecule has 0 bridgehead atoms. The number of aliphatic hydroxyl groups is 11. The molecule has 140 heavy (non-hydrogen) atoms. The minimum Gasteiger partial charge on any atom is -0.461 e. The zero-order valence-electron chi connectivity index (χ0n) is 84.3. The van der Waals surface area contributed by atoms with Gasteiger partial charge >= 0.3 is 35.8 Å². The maximum Gasteiger partial charge on any atom is 0.338 e. The standard InChI is InChI=1S/C35H40O7.C28H34O6.C26H36O7.C25H34O6/c1-21-15-27-33(39,30(21)41-31(38)25-13-9-6-10-14-25)19-24(20-36)16-26-29-32(3,4)34(29,18-22(2)35(26,27)40)42-28(37)17-23-11-7-5-8-12-23;1-16-10-21-26(32,24(16)31)14-19(15-29)11-20-23-25(3,4)27(23,13-17(2)28(20,21)33)34-22(30)12-18-8-6-5-7-9-18;1-13(2)22(29)33-25-10-15(4)26(31)18(20(25)23(25,6)7)9-17(12-32-16(5)27)11-24(30)19(26)8-14(3)21(24)28;1-13-7-18-23(29,21(13)28)11-16(12-26)8-17-20-22(3,4)24(20,10-14(2)25(17,18)30)31-19(27)9-15-5-6-15/h5-16,22,26-27,29-30,36,39-40H,17-20H2,1-4H3;5-11,17,20-21,23,29,32-33H,12-15H2,1-4H3;8-9,13,15,18-20,30-31H,10-12H2,1-7H3;7-8,14-15,17-18,20,26,29-30H,5-6,9-12H2,1-4H3/t22-,26+,27-,29-,30?,33-,34+,35-;17-,20+,21-,23-,26-,27+,28-;15-,18+,19-,20-,24-,25+,26-;14-,17+,18-,20-,23-,24+,25-/m1111/s1. The molecule has 9 fully saturated rings. The summed E-state index contributed by atoms with van der Waals surface area (Å²) >= 11 is 0. The second kappa shape index (κ2) is 34.6. The molecule has 17 aliphatic carbocycles. The van der Waals surface area contributed by atoms with Gasteiger partial charge < -0.3 is 84.6 Å². The number of aliphatic hydroxyl groups excluding tert-OH is 3. The van der Waals surface area contributed by atoms with Crippen LogP contribution < -0.4 is 0 Å². The van der Waals surface area contributed by atoms with Gasteiger partial charge in [0.1, 0.15) is 51.4 Å². The molecule has 29 atom stereocenters. The first kappa shape index (κ1) is 102. The van der Waals surface area contributed by atoms with E-state index in [2.05, 4.69) is 41.5 Å². The van der Waals surface area contributed by atoms with Gasteiger partial charge in [0.2, 0.25) is 0 Å². The van der Waals surface area contributed by atoms with Crippen LogP contribution in [0.3, 0.4) is 0 Å². The summed E-state index contributed by atoms with van der Waals surface area (Å²) in [6.07, 6.45) is 18.2. The van der Waals surface area contributed by atoms with Crippen molar-refractivity contribution in [1.29, 1.82) is 0 Å². The zero-order valence-corrected chi connectivity index (χ0v) is 84.3. The Morgan fingerprint density at radius 1 is 0.400 bits per heavy atom. The molecule has 26 heteroatoms. The van der Waals surface area contributed by atoms with Crippen LogP contribution in [-0.4, -0.2) is 209 Å². The summed E-state index contributed by atoms with van der Waals surface area (Å²) in [6.45, 7) is 34.9. The van der Waals surface area contributed by atoms with Crippen molar-refractivity contribution in [2.45, 2.75) is 288 Å². The van der Waals surface area contributed by atoms with Crippen LogP contribution in [0, 0.1) is 128 Å². The number of carbonyl (C=O) groups is 9. The van der Waals surface area contributed by atoms with Gasteiger partial charge in [0.25, 0.3) is 0 Å². The lowest BCUT2D eigenvalue weighted by molar-refractivity contribution is -0.196. The molecule has 0 radical (unpaired) electrons. The first-order valence-corrected chi connectivity index (χ1v) is 50.5. The molecule has 0 spiro atoms. The Morgan fingerprint density at radius 2 is 0.714 bits per heavy atom. The average molecular weight is 1930 g/mol. The van der Waals surface area contributed by atoms with Crippen molar-refractivity contribution in [2.24, 2.45) is 128 Å². The number of ether oxygens (including phenoxy) is 6. The molecule has 9 saturated carbocycles. The fourth-order valence-electron chi connectivity index (χ4n) is 30.8. The highest BCUT2D eigenvalue weighted by molar-refractivity contribution is 6.06. The van der Waals surface area contributed by atoms with Crippen molar-refractivity contribution in [3.05, 3.63) is 201 Å². The third-order valence-electron chi connectivity index (χ3n) is 38.3. The summed E-state index contributed by atoms with van der Waals surface area (Å²) in [5.74, 6) is -10.3. The smallest absolute Gasteiger partial charge is 0.338 e. The predicted molar refractivity (Wildman–Crippen MR) is 514 cm³/mol. The molecule has 3 aromatic carbocycles. The Bertz CT molecular complexity index is 5830. The van der Waals surface area contributed by atoms with Crippen LogP contribution in [0.5, 0.6) is 0 Å². The minimum atomic E-state index is -1.80. The van der Waals surface area contributed by atoms with Crippen molar-refractivity contribution in [3.8, 4) is 0 Å². The summed E-state index contributed by atoms with van der Waals surface area (Å²) < 4.78 is 36.1. The van der Waals surface area contributed by atoms with E-state index in [9.17, 15) is 99.3 Å². The predicted octanol–water partition coefficient (Wildman–Crippen LogP) is 12.2. The van der Waals surface area contributed by atoms with Crippen LogP contribution >= 0.6 is 0 Å². The van der Waals surface area contributed by atoms with E-state index in [1.54, 1.807) is 84.0 Å². The van der Waals surface area contributed by atoms with E-state index in [1.165, 1.54) is 6.92 Å². The van der Waals surface area contributed by atoms with Crippen LogP contribution in [0.2, 0.25) is 0 Å². The van der Waals surface area contributed by atoms with Gasteiger partial charge in [0, 0.05) is 132 Å². The van der Waals surface area contributed by atoms with Crippen LogP contribution in [0.1, 0.15) is 224 Å². The summed E-state index contributed by atoms with van der Waals surface area (Å²) in [6, 6.07) is 27.6. The quantitative estimate of drug-likeness (QED) is 0.0320. The van der Waals surface area contributed by atoms with E-state index in [-0.39, 0.29) is 159 Å². The van der Waals surface area contributed by atoms with Crippen molar-refractivity contribution >= 4 is 53.2 Å². The first-order valence-electron chi connectivity index (χ1n) is 50.5. The molecule has 0 aliphatic heterocycles. The summed E-state index contributed by atoms with van der Waals surface area (Å²) in [5.41, 5.74) is -10.9. The lowest BCUT2D eigenvalue weighted by Crippen LogP contribution is -2.62. The van der Waals surface area contributed by atoms with Crippen LogP contribution in [0.25, 0.3) is 0 Å². The lowest BCUT2D eigenvalue weighted by Gasteiger charge is -2.51. The van der Waals surface area contributed by atoms with Gasteiger partial charge in [-0.05, 0) is 164 Å². The zero-order chi connectivity index (χ0) is 102. The highest BCUT2D eigenvalue weighted by Gasteiger charge is 2.88. The topological polar surface area (TPSA) is 432 Å². The maximum absolute atomic E-state index is 13.2. The Labute approximate surface area is 820 Å². The van der Waals surface area contributed by atoms with Crippen molar-refractivity contribution in [2.75, 3.05) is 26.4 Å². The monoisotopic (exact) mass is 1930 g/mol. The number of fused-ring (bicyclic) bond motifs is 20. The SMILES string of the molecule is CC(=O)OCC1=C[C@H]2[C@@H]3C(C)(C)[C@]3(OC(=O)C(C)C)C[C@@H](C)[C@]2(O)[C@@H]2C=C(C)C(=O)[C@@]2(O)C1.CC1=C[C@H]2[C@@]3(O)[C@H](C)C[C@]4(OC(=O)CC5CC5)[C@H]([C@@H]3C=C(CO)C[C@]2(O)C1=O)C4(C)C.CC1=C[C@H]2[C@@]3(O)[C@H](C)C[C@]4(OC(=O)Cc5ccccc5)[C@H]([C@@H]3C=C(CO)C[C@]2(O)C1=O)C4(C)C.CC1=C[C@H]2[C@@]3(O)[C@H](C)C[C@]4(OC(=O)Cc5ccccc5)[C@H]([C@@H]3C=C(CO)C[C@]2(O)C1OC(=O)c1ccccc1)C4(C)C. The molecule has 756 valence electrons. The van der Waals surface area contributed by atoms with E-state index in [0.29, 0.717) is 88.2 Å². The summed E-state index contributed by atoms with van der Waals surface area (Å²) in [4.78, 5) is 115. The second-order valence-electron chi connectivity index (χ2n) is 47.9. The van der Waals surface area contributed by atoms with Crippen LogP contribution in [-0.2, 0) is 79.6 Å². The van der Waals surface area contributed by atoms with Crippen LogP contribution in [0.15, 0.2) is 184 Å². The Balaban J connectivity index is 0.000000130. The Kier molecular flexibility index (Phi) is 25.3. The number of esters is 6. The Hall–Kier alpha value is -9.03. The van der Waals surface area contributed by atoms with Gasteiger partial charge in [-0.3, -0.25) is 38.4 Å². The number of hydrogen-bond acceptors (Lipinski definition) is 26. The Morgan fingerprint density at radius 3 is 1.05 bits per heavy atom. The van der Waals surface area contributed by atoms with Gasteiger partial charge in [-0.25, -0.2) is 4.79 Å². The van der Waals surface area contributed by atoms with Crippen molar-refractivity contribution in [1.82, 2.24) is 0 Å². The normalized spacial score (nSPS) is 42.1.